The molecule has 0 amide bonds. The summed E-state index contributed by atoms with van der Waals surface area (Å²) in [5.74, 6) is 2.04. The fourth-order valence-electron chi connectivity index (χ4n) is 3.24. The van der Waals surface area contributed by atoms with E-state index in [2.05, 4.69) is 15.7 Å². The van der Waals surface area contributed by atoms with Crippen LogP contribution in [0.2, 0.25) is 0 Å². The second kappa shape index (κ2) is 4.22. The SMILES string of the molecule is c1nc(CCNC2CC3CCC2C3)cs1. The van der Waals surface area contributed by atoms with Gasteiger partial charge in [-0.05, 0) is 31.1 Å². The highest BCUT2D eigenvalue weighted by Crippen LogP contribution is 2.44. The molecule has 2 nitrogen and oxygen atoms in total. The van der Waals surface area contributed by atoms with Gasteiger partial charge in [-0.1, -0.05) is 6.42 Å². The molecule has 0 saturated heterocycles. The second-order valence-electron chi connectivity index (χ2n) is 4.97. The van der Waals surface area contributed by atoms with E-state index >= 15 is 0 Å². The molecule has 2 fully saturated rings. The van der Waals surface area contributed by atoms with E-state index in [1.54, 1.807) is 11.3 Å². The molecular weight excluding hydrogens is 204 g/mol. The van der Waals surface area contributed by atoms with E-state index in [1.807, 2.05) is 5.51 Å². The number of aromatic nitrogens is 1. The van der Waals surface area contributed by atoms with E-state index in [1.165, 1.54) is 31.4 Å². The highest BCUT2D eigenvalue weighted by molar-refractivity contribution is 7.07. The molecule has 15 heavy (non-hydrogen) atoms. The summed E-state index contributed by atoms with van der Waals surface area (Å²) in [6.45, 7) is 1.11. The molecule has 2 aliphatic rings. The molecular formula is C12H18N2S. The lowest BCUT2D eigenvalue weighted by Crippen LogP contribution is -2.35. The van der Waals surface area contributed by atoms with Gasteiger partial charge in [0.2, 0.25) is 0 Å². The molecule has 3 atom stereocenters. The molecule has 1 heterocycles. The Morgan fingerprint density at radius 1 is 1.40 bits per heavy atom. The molecule has 3 rings (SSSR count). The van der Waals surface area contributed by atoms with Crippen molar-refractivity contribution in [2.75, 3.05) is 6.54 Å². The molecule has 1 aromatic rings. The predicted octanol–water partition coefficient (Wildman–Crippen LogP) is 2.46. The van der Waals surface area contributed by atoms with Crippen LogP contribution in [0.5, 0.6) is 0 Å². The third kappa shape index (κ3) is 2.08. The molecule has 1 aromatic heterocycles. The van der Waals surface area contributed by atoms with Gasteiger partial charge in [-0.15, -0.1) is 11.3 Å². The van der Waals surface area contributed by atoms with Crippen molar-refractivity contribution in [2.24, 2.45) is 11.8 Å². The van der Waals surface area contributed by atoms with Gasteiger partial charge in [0.05, 0.1) is 11.2 Å². The third-order valence-electron chi connectivity index (χ3n) is 4.01. The van der Waals surface area contributed by atoms with Gasteiger partial charge in [0.15, 0.2) is 0 Å². The van der Waals surface area contributed by atoms with E-state index in [-0.39, 0.29) is 0 Å². The zero-order valence-corrected chi connectivity index (χ0v) is 9.80. The van der Waals surface area contributed by atoms with E-state index < -0.39 is 0 Å². The molecule has 1 N–H and O–H groups in total. The van der Waals surface area contributed by atoms with Crippen LogP contribution in [0.25, 0.3) is 0 Å². The van der Waals surface area contributed by atoms with E-state index in [9.17, 15) is 0 Å². The highest BCUT2D eigenvalue weighted by Gasteiger charge is 2.38. The van der Waals surface area contributed by atoms with E-state index in [4.69, 9.17) is 0 Å². The van der Waals surface area contributed by atoms with E-state index in [0.29, 0.717) is 0 Å². The van der Waals surface area contributed by atoms with Crippen molar-refractivity contribution in [1.29, 1.82) is 0 Å². The van der Waals surface area contributed by atoms with Crippen molar-refractivity contribution < 1.29 is 0 Å². The van der Waals surface area contributed by atoms with Crippen LogP contribution in [0.3, 0.4) is 0 Å². The summed E-state index contributed by atoms with van der Waals surface area (Å²) in [6, 6.07) is 0.822. The summed E-state index contributed by atoms with van der Waals surface area (Å²) < 4.78 is 0. The first-order chi connectivity index (χ1) is 7.42. The molecule has 2 bridgehead atoms. The first-order valence-electron chi connectivity index (χ1n) is 6.02. The maximum Gasteiger partial charge on any atom is 0.0794 e. The minimum Gasteiger partial charge on any atom is -0.313 e. The summed E-state index contributed by atoms with van der Waals surface area (Å²) in [7, 11) is 0. The fraction of sp³-hybridized carbons (Fsp3) is 0.750. The maximum atomic E-state index is 4.31. The topological polar surface area (TPSA) is 24.9 Å². The normalized spacial score (nSPS) is 33.7. The van der Waals surface area contributed by atoms with Gasteiger partial charge in [0.25, 0.3) is 0 Å². The van der Waals surface area contributed by atoms with Gasteiger partial charge in [-0.25, -0.2) is 4.98 Å². The van der Waals surface area contributed by atoms with Gasteiger partial charge in [0.1, 0.15) is 0 Å². The third-order valence-corrected chi connectivity index (χ3v) is 4.64. The lowest BCUT2D eigenvalue weighted by Gasteiger charge is -2.22. The van der Waals surface area contributed by atoms with Crippen LogP contribution in [0.15, 0.2) is 10.9 Å². The quantitative estimate of drug-likeness (QED) is 0.846. The number of hydrogen-bond donors (Lipinski definition) is 1. The van der Waals surface area contributed by atoms with Crippen molar-refractivity contribution in [3.05, 3.63) is 16.6 Å². The summed E-state index contributed by atoms with van der Waals surface area (Å²) in [4.78, 5) is 4.31. The monoisotopic (exact) mass is 222 g/mol. The highest BCUT2D eigenvalue weighted by atomic mass is 32.1. The number of rotatable bonds is 4. The van der Waals surface area contributed by atoms with Crippen molar-refractivity contribution in [3.8, 4) is 0 Å². The first-order valence-corrected chi connectivity index (χ1v) is 6.96. The molecule has 0 spiro atoms. The number of hydrogen-bond acceptors (Lipinski definition) is 3. The van der Waals surface area contributed by atoms with Crippen LogP contribution in [0, 0.1) is 11.8 Å². The van der Waals surface area contributed by atoms with Crippen molar-refractivity contribution in [3.63, 3.8) is 0 Å². The summed E-state index contributed by atoms with van der Waals surface area (Å²) in [5.41, 5.74) is 3.17. The van der Waals surface area contributed by atoms with Crippen LogP contribution in [-0.2, 0) is 6.42 Å². The van der Waals surface area contributed by atoms with Gasteiger partial charge < -0.3 is 5.32 Å². The van der Waals surface area contributed by atoms with Crippen LogP contribution in [0.1, 0.15) is 31.4 Å². The Bertz CT molecular complexity index is 309. The number of fused-ring (bicyclic) bond motifs is 2. The second-order valence-corrected chi connectivity index (χ2v) is 5.68. The van der Waals surface area contributed by atoms with Crippen molar-refractivity contribution in [1.82, 2.24) is 10.3 Å². The summed E-state index contributed by atoms with van der Waals surface area (Å²) in [5, 5.41) is 5.87. The number of thiazole rings is 1. The maximum absolute atomic E-state index is 4.31. The van der Waals surface area contributed by atoms with Gasteiger partial charge in [-0.3, -0.25) is 0 Å². The Balaban J connectivity index is 1.43. The van der Waals surface area contributed by atoms with Crippen LogP contribution < -0.4 is 5.32 Å². The summed E-state index contributed by atoms with van der Waals surface area (Å²) in [6.07, 6.45) is 6.99. The Morgan fingerprint density at radius 3 is 3.07 bits per heavy atom. The lowest BCUT2D eigenvalue weighted by molar-refractivity contribution is 0.354. The smallest absolute Gasteiger partial charge is 0.0794 e. The number of nitrogens with one attached hydrogen (secondary N) is 1. The lowest BCUT2D eigenvalue weighted by atomic mass is 9.95. The van der Waals surface area contributed by atoms with Gasteiger partial charge in [-0.2, -0.15) is 0 Å². The largest absolute Gasteiger partial charge is 0.313 e. The Morgan fingerprint density at radius 2 is 2.40 bits per heavy atom. The molecule has 2 aliphatic carbocycles. The van der Waals surface area contributed by atoms with Crippen LogP contribution >= 0.6 is 11.3 Å². The van der Waals surface area contributed by atoms with Crippen molar-refractivity contribution >= 4 is 11.3 Å². The van der Waals surface area contributed by atoms with Crippen LogP contribution in [0.4, 0.5) is 0 Å². The number of nitrogens with zero attached hydrogens (tertiary/aromatic N) is 1. The van der Waals surface area contributed by atoms with Gasteiger partial charge >= 0.3 is 0 Å². The minimum atomic E-state index is 0.822. The zero-order chi connectivity index (χ0) is 10.1. The minimum absolute atomic E-state index is 0.822. The fourth-order valence-corrected chi connectivity index (χ4v) is 3.83. The molecule has 3 unspecified atom stereocenters. The Hall–Kier alpha value is -0.410. The Kier molecular flexibility index (Phi) is 2.76. The summed E-state index contributed by atoms with van der Waals surface area (Å²) >= 11 is 1.70. The Labute approximate surface area is 95.1 Å². The molecule has 0 aliphatic heterocycles. The molecule has 2 saturated carbocycles. The average molecular weight is 222 g/mol. The van der Waals surface area contributed by atoms with E-state index in [0.717, 1.165) is 30.8 Å². The zero-order valence-electron chi connectivity index (χ0n) is 8.98. The van der Waals surface area contributed by atoms with Crippen LogP contribution in [-0.4, -0.2) is 17.6 Å². The predicted molar refractivity (Wildman–Crippen MR) is 63.1 cm³/mol. The first kappa shape index (κ1) is 9.79. The molecule has 82 valence electrons. The molecule has 3 heteroatoms. The standard InChI is InChI=1S/C12H18N2S/c1-2-10-5-9(1)6-12(10)13-4-3-11-7-15-8-14-11/h7-10,12-13H,1-6H2. The van der Waals surface area contributed by atoms with Gasteiger partial charge in [0, 0.05) is 24.4 Å². The van der Waals surface area contributed by atoms with Crippen molar-refractivity contribution in [2.45, 2.75) is 38.1 Å². The average Bonchev–Trinajstić information content (AvgIpc) is 2.93. The molecule has 0 radical (unpaired) electrons. The molecule has 0 aromatic carbocycles.